The molecule has 5 heteroatoms. The highest BCUT2D eigenvalue weighted by Gasteiger charge is 2.41. The van der Waals surface area contributed by atoms with E-state index in [4.69, 9.17) is 15.2 Å². The Morgan fingerprint density at radius 3 is 2.32 bits per heavy atom. The quantitative estimate of drug-likeness (QED) is 0.900. The van der Waals surface area contributed by atoms with Gasteiger partial charge >= 0.3 is 6.01 Å². The summed E-state index contributed by atoms with van der Waals surface area (Å²) in [5.74, 6) is 1.10. The molecule has 0 radical (unpaired) electrons. The largest absolute Gasteiger partial charge is 0.481 e. The standard InChI is InChI=1S/C14H21N3O2/c1-18-12-10(14(15)7-3-4-8-14)11(9-5-6-9)16-13(17-12)19-2/h9H,3-8,15H2,1-2H3. The molecule has 2 N–H and O–H groups in total. The molecule has 0 saturated heterocycles. The lowest BCUT2D eigenvalue weighted by molar-refractivity contribution is 0.330. The summed E-state index contributed by atoms with van der Waals surface area (Å²) in [6.07, 6.45) is 6.64. The van der Waals surface area contributed by atoms with Gasteiger partial charge in [-0.15, -0.1) is 0 Å². The molecule has 0 spiro atoms. The van der Waals surface area contributed by atoms with Crippen molar-refractivity contribution in [2.75, 3.05) is 14.2 Å². The lowest BCUT2D eigenvalue weighted by Crippen LogP contribution is -2.35. The zero-order chi connectivity index (χ0) is 13.5. The van der Waals surface area contributed by atoms with Crippen molar-refractivity contribution in [1.82, 2.24) is 9.97 Å². The number of hydrogen-bond donors (Lipinski definition) is 1. The molecule has 2 aliphatic rings. The highest BCUT2D eigenvalue weighted by Crippen LogP contribution is 2.49. The molecule has 0 amide bonds. The Morgan fingerprint density at radius 2 is 1.79 bits per heavy atom. The minimum absolute atomic E-state index is 0.324. The molecular formula is C14H21N3O2. The fraction of sp³-hybridized carbons (Fsp3) is 0.714. The molecule has 2 fully saturated rings. The van der Waals surface area contributed by atoms with Crippen molar-refractivity contribution in [3.8, 4) is 11.9 Å². The molecule has 19 heavy (non-hydrogen) atoms. The Bertz CT molecular complexity index is 480. The van der Waals surface area contributed by atoms with Gasteiger partial charge in [-0.05, 0) is 25.7 Å². The summed E-state index contributed by atoms with van der Waals surface area (Å²) in [6.45, 7) is 0. The number of ether oxygens (including phenoxy) is 2. The van der Waals surface area contributed by atoms with Crippen LogP contribution in [0, 0.1) is 0 Å². The second kappa shape index (κ2) is 4.63. The first-order valence-electron chi connectivity index (χ1n) is 6.97. The molecule has 104 valence electrons. The van der Waals surface area contributed by atoms with E-state index in [1.165, 1.54) is 12.8 Å². The van der Waals surface area contributed by atoms with E-state index in [1.807, 2.05) is 0 Å². The molecule has 1 aromatic rings. The van der Waals surface area contributed by atoms with Gasteiger partial charge in [-0.2, -0.15) is 9.97 Å². The van der Waals surface area contributed by atoms with Crippen LogP contribution in [0.2, 0.25) is 0 Å². The maximum absolute atomic E-state index is 6.61. The minimum Gasteiger partial charge on any atom is -0.481 e. The molecule has 1 heterocycles. The molecule has 0 unspecified atom stereocenters. The van der Waals surface area contributed by atoms with Gasteiger partial charge in [0.1, 0.15) is 0 Å². The molecule has 1 aromatic heterocycles. The second-order valence-electron chi connectivity index (χ2n) is 5.62. The second-order valence-corrected chi connectivity index (χ2v) is 5.62. The predicted molar refractivity (Wildman–Crippen MR) is 71.4 cm³/mol. The number of hydrogen-bond acceptors (Lipinski definition) is 5. The summed E-state index contributed by atoms with van der Waals surface area (Å²) in [6, 6.07) is 0.379. The van der Waals surface area contributed by atoms with Crippen molar-refractivity contribution in [2.45, 2.75) is 50.0 Å². The highest BCUT2D eigenvalue weighted by atomic mass is 16.5. The minimum atomic E-state index is -0.324. The van der Waals surface area contributed by atoms with Crippen LogP contribution >= 0.6 is 0 Å². The Kier molecular flexibility index (Phi) is 3.09. The molecule has 2 saturated carbocycles. The third-order valence-corrected chi connectivity index (χ3v) is 4.22. The van der Waals surface area contributed by atoms with Gasteiger partial charge in [0.2, 0.25) is 5.88 Å². The van der Waals surface area contributed by atoms with Gasteiger partial charge in [0, 0.05) is 11.5 Å². The van der Waals surface area contributed by atoms with Gasteiger partial charge in [-0.25, -0.2) is 0 Å². The van der Waals surface area contributed by atoms with Crippen molar-refractivity contribution >= 4 is 0 Å². The zero-order valence-electron chi connectivity index (χ0n) is 11.6. The molecule has 5 nitrogen and oxygen atoms in total. The Balaban J connectivity index is 2.14. The van der Waals surface area contributed by atoms with E-state index in [9.17, 15) is 0 Å². The van der Waals surface area contributed by atoms with Gasteiger partial charge in [-0.1, -0.05) is 12.8 Å². The van der Waals surface area contributed by atoms with Crippen LogP contribution in [0.15, 0.2) is 0 Å². The number of aromatic nitrogens is 2. The summed E-state index contributed by atoms with van der Waals surface area (Å²) in [5.41, 5.74) is 8.36. The average molecular weight is 263 g/mol. The van der Waals surface area contributed by atoms with E-state index in [0.717, 1.165) is 36.9 Å². The molecule has 0 aliphatic heterocycles. The maximum Gasteiger partial charge on any atom is 0.319 e. The maximum atomic E-state index is 6.61. The van der Waals surface area contributed by atoms with E-state index in [-0.39, 0.29) is 5.54 Å². The fourth-order valence-corrected chi connectivity index (χ4v) is 3.05. The van der Waals surface area contributed by atoms with Gasteiger partial charge in [0.15, 0.2) is 0 Å². The average Bonchev–Trinajstić information content (AvgIpc) is 3.19. The van der Waals surface area contributed by atoms with Crippen LogP contribution in [0.1, 0.15) is 55.7 Å². The SMILES string of the molecule is COc1nc(OC)c(C2(N)CCCC2)c(C2CC2)n1. The zero-order valence-corrected chi connectivity index (χ0v) is 11.6. The van der Waals surface area contributed by atoms with Crippen LogP contribution in [0.25, 0.3) is 0 Å². The van der Waals surface area contributed by atoms with Crippen LogP contribution < -0.4 is 15.2 Å². The fourth-order valence-electron chi connectivity index (χ4n) is 3.05. The summed E-state index contributed by atoms with van der Waals surface area (Å²) >= 11 is 0. The lowest BCUT2D eigenvalue weighted by Gasteiger charge is -2.27. The van der Waals surface area contributed by atoms with E-state index in [1.54, 1.807) is 14.2 Å². The molecule has 3 rings (SSSR count). The topological polar surface area (TPSA) is 70.3 Å². The number of rotatable bonds is 4. The smallest absolute Gasteiger partial charge is 0.319 e. The van der Waals surface area contributed by atoms with Crippen LogP contribution in [-0.2, 0) is 5.54 Å². The molecule has 0 atom stereocenters. The van der Waals surface area contributed by atoms with E-state index in [2.05, 4.69) is 9.97 Å². The normalized spacial score (nSPS) is 21.4. The predicted octanol–water partition coefficient (Wildman–Crippen LogP) is 2.10. The van der Waals surface area contributed by atoms with Crippen molar-refractivity contribution in [3.63, 3.8) is 0 Å². The van der Waals surface area contributed by atoms with Crippen molar-refractivity contribution in [2.24, 2.45) is 5.73 Å². The monoisotopic (exact) mass is 263 g/mol. The number of methoxy groups -OCH3 is 2. The summed E-state index contributed by atoms with van der Waals surface area (Å²) in [7, 11) is 3.22. The first kappa shape index (κ1) is 12.7. The van der Waals surface area contributed by atoms with Gasteiger partial charge < -0.3 is 15.2 Å². The molecule has 0 aromatic carbocycles. The Morgan fingerprint density at radius 1 is 1.11 bits per heavy atom. The molecule has 0 bridgehead atoms. The van der Waals surface area contributed by atoms with Gasteiger partial charge in [0.25, 0.3) is 0 Å². The number of nitrogens with two attached hydrogens (primary N) is 1. The lowest BCUT2D eigenvalue weighted by atomic mass is 9.87. The first-order chi connectivity index (χ1) is 9.18. The summed E-state index contributed by atoms with van der Waals surface area (Å²) < 4.78 is 10.7. The third-order valence-electron chi connectivity index (χ3n) is 4.22. The Labute approximate surface area is 113 Å². The van der Waals surface area contributed by atoms with Crippen molar-refractivity contribution in [1.29, 1.82) is 0 Å². The van der Waals surface area contributed by atoms with Gasteiger partial charge in [0.05, 0.1) is 25.5 Å². The van der Waals surface area contributed by atoms with E-state index < -0.39 is 0 Å². The van der Waals surface area contributed by atoms with Crippen LogP contribution in [0.4, 0.5) is 0 Å². The van der Waals surface area contributed by atoms with Crippen LogP contribution in [0.5, 0.6) is 11.9 Å². The summed E-state index contributed by atoms with van der Waals surface area (Å²) in [4.78, 5) is 8.89. The summed E-state index contributed by atoms with van der Waals surface area (Å²) in [5, 5.41) is 0. The van der Waals surface area contributed by atoms with Gasteiger partial charge in [-0.3, -0.25) is 0 Å². The van der Waals surface area contributed by atoms with Crippen molar-refractivity contribution in [3.05, 3.63) is 11.3 Å². The molecule has 2 aliphatic carbocycles. The molecular weight excluding hydrogens is 242 g/mol. The van der Waals surface area contributed by atoms with Crippen molar-refractivity contribution < 1.29 is 9.47 Å². The van der Waals surface area contributed by atoms with E-state index >= 15 is 0 Å². The Hall–Kier alpha value is -1.36. The number of nitrogens with zero attached hydrogens (tertiary/aromatic N) is 2. The first-order valence-corrected chi connectivity index (χ1v) is 6.97. The van der Waals surface area contributed by atoms with Crippen LogP contribution in [-0.4, -0.2) is 24.2 Å². The van der Waals surface area contributed by atoms with Crippen LogP contribution in [0.3, 0.4) is 0 Å². The third kappa shape index (κ3) is 2.16. The highest BCUT2D eigenvalue weighted by molar-refractivity contribution is 5.42. The van der Waals surface area contributed by atoms with E-state index in [0.29, 0.717) is 17.8 Å².